The molecule has 3 heteroatoms. The van der Waals surface area contributed by atoms with Crippen LogP contribution in [0.25, 0.3) is 0 Å². The van der Waals surface area contributed by atoms with Gasteiger partial charge in [-0.05, 0) is 44.0 Å². The van der Waals surface area contributed by atoms with Gasteiger partial charge >= 0.3 is 0 Å². The van der Waals surface area contributed by atoms with Crippen molar-refractivity contribution in [2.75, 3.05) is 6.54 Å². The van der Waals surface area contributed by atoms with E-state index >= 15 is 0 Å². The Kier molecular flexibility index (Phi) is 6.84. The fourth-order valence-electron chi connectivity index (χ4n) is 2.62. The predicted molar refractivity (Wildman–Crippen MR) is 84.6 cm³/mol. The van der Waals surface area contributed by atoms with Crippen molar-refractivity contribution >= 4 is 11.6 Å². The van der Waals surface area contributed by atoms with Crippen LogP contribution < -0.4 is 5.73 Å². The Morgan fingerprint density at radius 1 is 1.21 bits per heavy atom. The molecule has 0 fully saturated rings. The summed E-state index contributed by atoms with van der Waals surface area (Å²) >= 11 is 6.14. The first kappa shape index (κ1) is 16.5. The number of likely N-dealkylation sites (N-methyl/N-ethyl adjacent to an activating group) is 1. The van der Waals surface area contributed by atoms with Gasteiger partial charge in [-0.1, -0.05) is 44.5 Å². The van der Waals surface area contributed by atoms with Crippen LogP contribution >= 0.6 is 11.6 Å². The Labute approximate surface area is 122 Å². The van der Waals surface area contributed by atoms with Crippen LogP contribution in [0.15, 0.2) is 24.3 Å². The third-order valence-corrected chi connectivity index (χ3v) is 4.18. The number of hydrogen-bond donors (Lipinski definition) is 1. The third-order valence-electron chi connectivity index (χ3n) is 3.95. The Hall–Kier alpha value is -0.570. The molecule has 0 saturated heterocycles. The SMILES string of the molecule is CCC(N)C(c1cccc(Cl)c1)N(CC)C(C)CC. The maximum absolute atomic E-state index is 6.38. The summed E-state index contributed by atoms with van der Waals surface area (Å²) in [4.78, 5) is 2.49. The lowest BCUT2D eigenvalue weighted by Crippen LogP contribution is -2.44. The molecule has 1 rings (SSSR count). The molecule has 0 aliphatic carbocycles. The number of nitrogens with zero attached hydrogens (tertiary/aromatic N) is 1. The first-order chi connectivity index (χ1) is 9.04. The third kappa shape index (κ3) is 4.20. The summed E-state index contributed by atoms with van der Waals surface area (Å²) < 4.78 is 0. The van der Waals surface area contributed by atoms with E-state index < -0.39 is 0 Å². The molecular formula is C16H27ClN2. The zero-order chi connectivity index (χ0) is 14.4. The molecule has 3 atom stereocenters. The Balaban J connectivity index is 3.13. The van der Waals surface area contributed by atoms with Gasteiger partial charge in [-0.25, -0.2) is 0 Å². The fraction of sp³-hybridized carbons (Fsp3) is 0.625. The molecule has 1 aromatic rings. The second kappa shape index (κ2) is 7.88. The van der Waals surface area contributed by atoms with E-state index in [9.17, 15) is 0 Å². The smallest absolute Gasteiger partial charge is 0.0502 e. The summed E-state index contributed by atoms with van der Waals surface area (Å²) in [6.45, 7) is 9.84. The topological polar surface area (TPSA) is 29.3 Å². The highest BCUT2D eigenvalue weighted by Gasteiger charge is 2.27. The van der Waals surface area contributed by atoms with Gasteiger partial charge in [-0.15, -0.1) is 0 Å². The minimum absolute atomic E-state index is 0.132. The molecule has 2 N–H and O–H groups in total. The van der Waals surface area contributed by atoms with Crippen molar-refractivity contribution in [3.8, 4) is 0 Å². The number of halogens is 1. The molecule has 3 unspecified atom stereocenters. The van der Waals surface area contributed by atoms with Gasteiger partial charge in [0.05, 0.1) is 6.04 Å². The lowest BCUT2D eigenvalue weighted by molar-refractivity contribution is 0.125. The first-order valence-electron chi connectivity index (χ1n) is 7.31. The largest absolute Gasteiger partial charge is 0.326 e. The average Bonchev–Trinajstić information content (AvgIpc) is 2.42. The van der Waals surface area contributed by atoms with E-state index in [2.05, 4.69) is 38.7 Å². The highest BCUT2D eigenvalue weighted by atomic mass is 35.5. The van der Waals surface area contributed by atoms with Crippen LogP contribution in [0.1, 0.15) is 52.1 Å². The molecule has 0 bridgehead atoms. The summed E-state index contributed by atoms with van der Waals surface area (Å²) in [7, 11) is 0. The maximum Gasteiger partial charge on any atom is 0.0502 e. The Morgan fingerprint density at radius 3 is 2.37 bits per heavy atom. The average molecular weight is 283 g/mol. The first-order valence-corrected chi connectivity index (χ1v) is 7.69. The second-order valence-electron chi connectivity index (χ2n) is 5.16. The number of benzene rings is 1. The number of rotatable bonds is 7. The quantitative estimate of drug-likeness (QED) is 0.810. The summed E-state index contributed by atoms with van der Waals surface area (Å²) in [5, 5.41) is 0.783. The lowest BCUT2D eigenvalue weighted by Gasteiger charge is -2.39. The van der Waals surface area contributed by atoms with Crippen molar-refractivity contribution in [2.45, 2.75) is 58.7 Å². The summed E-state index contributed by atoms with van der Waals surface area (Å²) in [5.74, 6) is 0. The van der Waals surface area contributed by atoms with E-state index in [0.717, 1.165) is 24.4 Å². The summed E-state index contributed by atoms with van der Waals surface area (Å²) in [6.07, 6.45) is 2.09. The predicted octanol–water partition coefficient (Wildman–Crippen LogP) is 4.24. The Morgan fingerprint density at radius 2 is 1.89 bits per heavy atom. The van der Waals surface area contributed by atoms with E-state index in [1.54, 1.807) is 0 Å². The molecule has 0 saturated carbocycles. The van der Waals surface area contributed by atoms with Crippen LogP contribution in [0.2, 0.25) is 5.02 Å². The van der Waals surface area contributed by atoms with Gasteiger partial charge in [-0.2, -0.15) is 0 Å². The molecule has 1 aromatic carbocycles. The van der Waals surface area contributed by atoms with E-state index in [-0.39, 0.29) is 12.1 Å². The van der Waals surface area contributed by atoms with Crippen molar-refractivity contribution in [3.05, 3.63) is 34.9 Å². The van der Waals surface area contributed by atoms with Crippen molar-refractivity contribution in [2.24, 2.45) is 5.73 Å². The molecule has 0 aliphatic heterocycles. The molecule has 0 amide bonds. The number of nitrogens with two attached hydrogens (primary N) is 1. The Bertz CT molecular complexity index is 381. The van der Waals surface area contributed by atoms with Gasteiger partial charge < -0.3 is 5.73 Å². The van der Waals surface area contributed by atoms with Crippen LogP contribution in [0.5, 0.6) is 0 Å². The minimum atomic E-state index is 0.132. The molecule has 0 radical (unpaired) electrons. The van der Waals surface area contributed by atoms with Gasteiger partial charge in [0, 0.05) is 17.1 Å². The van der Waals surface area contributed by atoms with Gasteiger partial charge in [-0.3, -0.25) is 4.90 Å². The lowest BCUT2D eigenvalue weighted by atomic mass is 9.94. The zero-order valence-electron chi connectivity index (χ0n) is 12.6. The highest BCUT2D eigenvalue weighted by molar-refractivity contribution is 6.30. The van der Waals surface area contributed by atoms with Crippen molar-refractivity contribution in [1.29, 1.82) is 0 Å². The molecule has 2 nitrogen and oxygen atoms in total. The molecule has 108 valence electrons. The molecule has 0 spiro atoms. The van der Waals surface area contributed by atoms with E-state index in [1.807, 2.05) is 18.2 Å². The van der Waals surface area contributed by atoms with E-state index in [1.165, 1.54) is 5.56 Å². The molecule has 0 heterocycles. The van der Waals surface area contributed by atoms with Crippen LogP contribution in [-0.4, -0.2) is 23.5 Å². The van der Waals surface area contributed by atoms with Crippen LogP contribution in [-0.2, 0) is 0 Å². The van der Waals surface area contributed by atoms with Crippen molar-refractivity contribution in [1.82, 2.24) is 4.90 Å². The van der Waals surface area contributed by atoms with Gasteiger partial charge in [0.1, 0.15) is 0 Å². The molecular weight excluding hydrogens is 256 g/mol. The van der Waals surface area contributed by atoms with E-state index in [4.69, 9.17) is 17.3 Å². The van der Waals surface area contributed by atoms with E-state index in [0.29, 0.717) is 6.04 Å². The van der Waals surface area contributed by atoms with Crippen LogP contribution in [0, 0.1) is 0 Å². The molecule has 19 heavy (non-hydrogen) atoms. The minimum Gasteiger partial charge on any atom is -0.326 e. The van der Waals surface area contributed by atoms with Gasteiger partial charge in [0.2, 0.25) is 0 Å². The van der Waals surface area contributed by atoms with Crippen LogP contribution in [0.3, 0.4) is 0 Å². The molecule has 0 aromatic heterocycles. The maximum atomic E-state index is 6.38. The highest BCUT2D eigenvalue weighted by Crippen LogP contribution is 2.29. The molecule has 0 aliphatic rings. The summed E-state index contributed by atoms with van der Waals surface area (Å²) in [5.41, 5.74) is 7.61. The van der Waals surface area contributed by atoms with Gasteiger partial charge in [0.25, 0.3) is 0 Å². The normalized spacial score (nSPS) is 16.4. The van der Waals surface area contributed by atoms with Crippen molar-refractivity contribution in [3.63, 3.8) is 0 Å². The monoisotopic (exact) mass is 282 g/mol. The fourth-order valence-corrected chi connectivity index (χ4v) is 2.81. The standard InChI is InChI=1S/C16H27ClN2/c1-5-12(4)19(7-3)16(15(18)6-2)13-9-8-10-14(17)11-13/h8-12,15-16H,5-7,18H2,1-4H3. The van der Waals surface area contributed by atoms with Crippen molar-refractivity contribution < 1.29 is 0 Å². The summed E-state index contributed by atoms with van der Waals surface area (Å²) in [6, 6.07) is 9.00. The zero-order valence-corrected chi connectivity index (χ0v) is 13.3. The van der Waals surface area contributed by atoms with Crippen LogP contribution in [0.4, 0.5) is 0 Å². The number of hydrogen-bond acceptors (Lipinski definition) is 2. The van der Waals surface area contributed by atoms with Gasteiger partial charge in [0.15, 0.2) is 0 Å². The second-order valence-corrected chi connectivity index (χ2v) is 5.60.